The van der Waals surface area contributed by atoms with Gasteiger partial charge < -0.3 is 10.4 Å². The number of carbonyl (C=O) groups excluding carboxylic acids is 1. The van der Waals surface area contributed by atoms with Gasteiger partial charge in [0.25, 0.3) is 5.91 Å². The number of anilines is 1. The zero-order chi connectivity index (χ0) is 14.9. The SMILES string of the molecule is O=C(Nc1cc(Cl)c(O)cc1F)c1ccc(Cl)cc1Cl. The number of phenols is 1. The predicted octanol–water partition coefficient (Wildman–Crippen LogP) is 4.74. The molecule has 0 unspecified atom stereocenters. The van der Waals surface area contributed by atoms with Crippen molar-refractivity contribution >= 4 is 46.4 Å². The average Bonchev–Trinajstić information content (AvgIpc) is 2.35. The van der Waals surface area contributed by atoms with Crippen LogP contribution in [0.25, 0.3) is 0 Å². The summed E-state index contributed by atoms with van der Waals surface area (Å²) < 4.78 is 13.6. The fraction of sp³-hybridized carbons (Fsp3) is 0. The van der Waals surface area contributed by atoms with Crippen LogP contribution >= 0.6 is 34.8 Å². The van der Waals surface area contributed by atoms with Crippen molar-refractivity contribution in [2.24, 2.45) is 0 Å². The smallest absolute Gasteiger partial charge is 0.257 e. The Morgan fingerprint density at radius 1 is 1.10 bits per heavy atom. The molecule has 0 saturated carbocycles. The van der Waals surface area contributed by atoms with Crippen LogP contribution in [0.5, 0.6) is 5.75 Å². The summed E-state index contributed by atoms with van der Waals surface area (Å²) in [5, 5.41) is 12.0. The number of phenolic OH excluding ortho intramolecular Hbond substituents is 1. The van der Waals surface area contributed by atoms with Gasteiger partial charge in [0.1, 0.15) is 5.75 Å². The van der Waals surface area contributed by atoms with Crippen LogP contribution in [-0.2, 0) is 0 Å². The van der Waals surface area contributed by atoms with Crippen LogP contribution in [0.15, 0.2) is 30.3 Å². The molecule has 0 bridgehead atoms. The van der Waals surface area contributed by atoms with Gasteiger partial charge in [0.2, 0.25) is 0 Å². The van der Waals surface area contributed by atoms with E-state index in [2.05, 4.69) is 5.32 Å². The molecule has 0 radical (unpaired) electrons. The second-order valence-electron chi connectivity index (χ2n) is 3.86. The van der Waals surface area contributed by atoms with E-state index < -0.39 is 17.5 Å². The number of nitrogens with one attached hydrogen (secondary N) is 1. The molecular formula is C13H7Cl3FNO2. The van der Waals surface area contributed by atoms with Crippen molar-refractivity contribution in [3.63, 3.8) is 0 Å². The minimum atomic E-state index is -0.815. The first-order valence-electron chi connectivity index (χ1n) is 5.33. The number of benzene rings is 2. The molecule has 2 N–H and O–H groups in total. The van der Waals surface area contributed by atoms with Crippen LogP contribution < -0.4 is 5.32 Å². The van der Waals surface area contributed by atoms with E-state index in [0.717, 1.165) is 12.1 Å². The Bertz CT molecular complexity index is 692. The third-order valence-corrected chi connectivity index (χ3v) is 3.31. The molecule has 0 heterocycles. The van der Waals surface area contributed by atoms with E-state index in [1.807, 2.05) is 0 Å². The maximum absolute atomic E-state index is 13.6. The first kappa shape index (κ1) is 14.9. The summed E-state index contributed by atoms with van der Waals surface area (Å²) in [7, 11) is 0. The van der Waals surface area contributed by atoms with Crippen LogP contribution in [-0.4, -0.2) is 11.0 Å². The molecule has 2 aromatic carbocycles. The number of aromatic hydroxyl groups is 1. The summed E-state index contributed by atoms with van der Waals surface area (Å²) in [5.74, 6) is -1.84. The highest BCUT2D eigenvalue weighted by atomic mass is 35.5. The van der Waals surface area contributed by atoms with Gasteiger partial charge in [-0.25, -0.2) is 4.39 Å². The molecule has 0 saturated heterocycles. The first-order valence-corrected chi connectivity index (χ1v) is 6.46. The van der Waals surface area contributed by atoms with Crippen molar-refractivity contribution < 1.29 is 14.3 Å². The van der Waals surface area contributed by atoms with Crippen LogP contribution in [0.1, 0.15) is 10.4 Å². The van der Waals surface area contributed by atoms with E-state index in [1.165, 1.54) is 18.2 Å². The van der Waals surface area contributed by atoms with Gasteiger partial charge in [-0.3, -0.25) is 4.79 Å². The second kappa shape index (κ2) is 5.87. The number of carbonyl (C=O) groups is 1. The van der Waals surface area contributed by atoms with E-state index in [1.54, 1.807) is 0 Å². The number of hydrogen-bond acceptors (Lipinski definition) is 2. The fourth-order valence-corrected chi connectivity index (χ4v) is 2.15. The molecule has 20 heavy (non-hydrogen) atoms. The summed E-state index contributed by atoms with van der Waals surface area (Å²) in [6.45, 7) is 0. The minimum absolute atomic E-state index is 0.0797. The largest absolute Gasteiger partial charge is 0.506 e. The Balaban J connectivity index is 2.30. The summed E-state index contributed by atoms with van der Waals surface area (Å²) in [6, 6.07) is 6.22. The van der Waals surface area contributed by atoms with Crippen LogP contribution in [0, 0.1) is 5.82 Å². The van der Waals surface area contributed by atoms with Gasteiger partial charge >= 0.3 is 0 Å². The van der Waals surface area contributed by atoms with Crippen molar-refractivity contribution in [1.82, 2.24) is 0 Å². The average molecular weight is 335 g/mol. The predicted molar refractivity (Wildman–Crippen MR) is 77.5 cm³/mol. The van der Waals surface area contributed by atoms with E-state index >= 15 is 0 Å². The molecule has 2 aromatic rings. The summed E-state index contributed by atoms with van der Waals surface area (Å²) in [6.07, 6.45) is 0. The van der Waals surface area contributed by atoms with Crippen molar-refractivity contribution in [2.75, 3.05) is 5.32 Å². The van der Waals surface area contributed by atoms with Gasteiger partial charge in [-0.1, -0.05) is 34.8 Å². The summed E-state index contributed by atoms with van der Waals surface area (Å²) in [4.78, 5) is 12.0. The Morgan fingerprint density at radius 2 is 1.80 bits per heavy atom. The fourth-order valence-electron chi connectivity index (χ4n) is 1.50. The van der Waals surface area contributed by atoms with E-state index in [4.69, 9.17) is 34.8 Å². The molecule has 7 heteroatoms. The number of amides is 1. The van der Waals surface area contributed by atoms with Gasteiger partial charge in [0.15, 0.2) is 5.82 Å². The molecule has 0 aromatic heterocycles. The molecule has 0 aliphatic rings. The van der Waals surface area contributed by atoms with Crippen molar-refractivity contribution in [1.29, 1.82) is 0 Å². The zero-order valence-electron chi connectivity index (χ0n) is 9.75. The van der Waals surface area contributed by atoms with Gasteiger partial charge in [-0.05, 0) is 24.3 Å². The second-order valence-corrected chi connectivity index (χ2v) is 5.11. The van der Waals surface area contributed by atoms with Crippen LogP contribution in [0.2, 0.25) is 15.1 Å². The molecule has 0 aliphatic carbocycles. The monoisotopic (exact) mass is 333 g/mol. The van der Waals surface area contributed by atoms with E-state index in [0.29, 0.717) is 5.02 Å². The molecule has 0 aliphatic heterocycles. The summed E-state index contributed by atoms with van der Waals surface area (Å²) >= 11 is 17.3. The highest BCUT2D eigenvalue weighted by Crippen LogP contribution is 2.30. The molecule has 104 valence electrons. The van der Waals surface area contributed by atoms with Crippen molar-refractivity contribution in [3.8, 4) is 5.75 Å². The zero-order valence-corrected chi connectivity index (χ0v) is 12.0. The quantitative estimate of drug-likeness (QED) is 0.779. The Hall–Kier alpha value is -1.49. The topological polar surface area (TPSA) is 49.3 Å². The lowest BCUT2D eigenvalue weighted by Crippen LogP contribution is -2.13. The minimum Gasteiger partial charge on any atom is -0.506 e. The molecule has 3 nitrogen and oxygen atoms in total. The maximum Gasteiger partial charge on any atom is 0.257 e. The lowest BCUT2D eigenvalue weighted by atomic mass is 10.2. The standard InChI is InChI=1S/C13H7Cl3FNO2/c14-6-1-2-7(8(15)3-6)13(20)18-11-4-9(16)12(19)5-10(11)17/h1-5,19H,(H,18,20). The van der Waals surface area contributed by atoms with Gasteiger partial charge in [-0.2, -0.15) is 0 Å². The lowest BCUT2D eigenvalue weighted by Gasteiger charge is -2.09. The Kier molecular flexibility index (Phi) is 4.38. The summed E-state index contributed by atoms with van der Waals surface area (Å²) in [5.41, 5.74) is -0.0246. The molecule has 0 spiro atoms. The maximum atomic E-state index is 13.6. The number of hydrogen-bond donors (Lipinski definition) is 2. The molecule has 1 amide bonds. The van der Waals surface area contributed by atoms with Gasteiger partial charge in [0.05, 0.1) is 21.3 Å². The third-order valence-electron chi connectivity index (χ3n) is 2.46. The molecule has 0 atom stereocenters. The third kappa shape index (κ3) is 3.15. The van der Waals surface area contributed by atoms with Crippen molar-refractivity contribution in [3.05, 3.63) is 56.8 Å². The number of rotatable bonds is 2. The van der Waals surface area contributed by atoms with E-state index in [-0.39, 0.29) is 21.3 Å². The normalized spacial score (nSPS) is 10.4. The lowest BCUT2D eigenvalue weighted by molar-refractivity contribution is 0.102. The molecule has 2 rings (SSSR count). The number of halogens is 4. The van der Waals surface area contributed by atoms with Gasteiger partial charge in [-0.15, -0.1) is 0 Å². The first-order chi connectivity index (χ1) is 9.38. The van der Waals surface area contributed by atoms with Crippen LogP contribution in [0.4, 0.5) is 10.1 Å². The molecular weight excluding hydrogens is 328 g/mol. The molecule has 0 fully saturated rings. The van der Waals surface area contributed by atoms with Crippen molar-refractivity contribution in [2.45, 2.75) is 0 Å². The Morgan fingerprint density at radius 3 is 2.45 bits per heavy atom. The van der Waals surface area contributed by atoms with Crippen LogP contribution in [0.3, 0.4) is 0 Å². The Labute approximate surface area is 128 Å². The van der Waals surface area contributed by atoms with Gasteiger partial charge in [0, 0.05) is 11.1 Å². The highest BCUT2D eigenvalue weighted by molar-refractivity contribution is 6.37. The van der Waals surface area contributed by atoms with E-state index in [9.17, 15) is 14.3 Å². The highest BCUT2D eigenvalue weighted by Gasteiger charge is 2.14.